The average Bonchev–Trinajstić information content (AvgIpc) is 3.15. The summed E-state index contributed by atoms with van der Waals surface area (Å²) in [4.78, 5) is 16.4. The number of esters is 1. The summed E-state index contributed by atoms with van der Waals surface area (Å²) in [6.45, 7) is 2.24. The summed E-state index contributed by atoms with van der Waals surface area (Å²) in [6.07, 6.45) is 0. The van der Waals surface area contributed by atoms with E-state index in [2.05, 4.69) is 28.8 Å². The van der Waals surface area contributed by atoms with Crippen molar-refractivity contribution in [3.8, 4) is 33.9 Å². The summed E-state index contributed by atoms with van der Waals surface area (Å²) in [5, 5.41) is 0. The number of rotatable bonds is 6. The number of hydrogen-bond donors (Lipinski definition) is 0. The Morgan fingerprint density at radius 3 is 1.86 bits per heavy atom. The van der Waals surface area contributed by atoms with Crippen LogP contribution in [-0.4, -0.2) is 22.1 Å². The van der Waals surface area contributed by atoms with Gasteiger partial charge in [-0.25, -0.2) is 4.98 Å². The van der Waals surface area contributed by atoms with Crippen molar-refractivity contribution in [1.82, 2.24) is 9.55 Å². The van der Waals surface area contributed by atoms with Gasteiger partial charge in [-0.3, -0.25) is 4.79 Å². The fourth-order valence-electron chi connectivity index (χ4n) is 3.44. The lowest BCUT2D eigenvalue weighted by Gasteiger charge is -2.13. The van der Waals surface area contributed by atoms with Crippen molar-refractivity contribution in [3.05, 3.63) is 91.0 Å². The quantitative estimate of drug-likeness (QED) is 0.417. The van der Waals surface area contributed by atoms with Crippen molar-refractivity contribution in [2.75, 3.05) is 6.61 Å². The second-order valence-electron chi connectivity index (χ2n) is 6.72. The number of hydrogen-bond acceptors (Lipinski definition) is 3. The van der Waals surface area contributed by atoms with E-state index in [-0.39, 0.29) is 5.97 Å². The lowest BCUT2D eigenvalue weighted by atomic mass is 10.0. The predicted molar refractivity (Wildman–Crippen MR) is 115 cm³/mol. The van der Waals surface area contributed by atoms with Crippen LogP contribution in [0, 0.1) is 0 Å². The van der Waals surface area contributed by atoms with Gasteiger partial charge in [0.1, 0.15) is 12.4 Å². The molecule has 0 aliphatic rings. The highest BCUT2D eigenvalue weighted by Gasteiger charge is 2.21. The van der Waals surface area contributed by atoms with Gasteiger partial charge >= 0.3 is 5.97 Å². The van der Waals surface area contributed by atoms with Gasteiger partial charge < -0.3 is 9.30 Å². The van der Waals surface area contributed by atoms with E-state index < -0.39 is 0 Å². The van der Waals surface area contributed by atoms with E-state index >= 15 is 0 Å². The van der Waals surface area contributed by atoms with Crippen LogP contribution in [0.25, 0.3) is 33.9 Å². The zero-order chi connectivity index (χ0) is 20.1. The number of benzene rings is 3. The van der Waals surface area contributed by atoms with Crippen LogP contribution in [0.3, 0.4) is 0 Å². The molecule has 0 radical (unpaired) electrons. The second kappa shape index (κ2) is 8.57. The third-order valence-electron chi connectivity index (χ3n) is 4.71. The molecule has 0 fully saturated rings. The van der Waals surface area contributed by atoms with Gasteiger partial charge in [0.15, 0.2) is 0 Å². The zero-order valence-corrected chi connectivity index (χ0v) is 16.3. The molecule has 0 atom stereocenters. The molecular weight excluding hydrogens is 360 g/mol. The molecule has 1 aromatic heterocycles. The number of carbonyl (C=O) groups excluding carboxylic acids is 1. The van der Waals surface area contributed by atoms with Gasteiger partial charge in [0.2, 0.25) is 0 Å². The first kappa shape index (κ1) is 18.7. The second-order valence-corrected chi connectivity index (χ2v) is 6.72. The molecule has 0 bridgehead atoms. The van der Waals surface area contributed by atoms with Crippen molar-refractivity contribution in [3.63, 3.8) is 0 Å². The molecule has 0 N–H and O–H groups in total. The standard InChI is InChI=1S/C25H22N2O2/c1-19(28)29-18-17-27-24(21-13-7-3-8-14-21)23(20-11-5-2-6-12-20)26-25(27)22-15-9-4-10-16-22/h2-16H,17-18H2,1H3. The summed E-state index contributed by atoms with van der Waals surface area (Å²) in [5.74, 6) is 0.575. The van der Waals surface area contributed by atoms with E-state index in [4.69, 9.17) is 9.72 Å². The topological polar surface area (TPSA) is 44.1 Å². The van der Waals surface area contributed by atoms with E-state index in [9.17, 15) is 4.79 Å². The van der Waals surface area contributed by atoms with Gasteiger partial charge in [0.25, 0.3) is 0 Å². The van der Waals surface area contributed by atoms with Crippen molar-refractivity contribution in [2.24, 2.45) is 0 Å². The van der Waals surface area contributed by atoms with Gasteiger partial charge in [0, 0.05) is 23.6 Å². The van der Waals surface area contributed by atoms with Crippen LogP contribution in [0.4, 0.5) is 0 Å². The Kier molecular flexibility index (Phi) is 5.52. The maximum absolute atomic E-state index is 11.3. The molecule has 0 aliphatic heterocycles. The average molecular weight is 382 g/mol. The first-order valence-electron chi connectivity index (χ1n) is 9.64. The third kappa shape index (κ3) is 4.11. The van der Waals surface area contributed by atoms with Gasteiger partial charge in [-0.1, -0.05) is 91.0 Å². The molecule has 0 aliphatic carbocycles. The Bertz CT molecular complexity index is 1090. The minimum atomic E-state index is -0.282. The molecular formula is C25H22N2O2. The molecule has 4 aromatic rings. The third-order valence-corrected chi connectivity index (χ3v) is 4.71. The van der Waals surface area contributed by atoms with Gasteiger partial charge in [-0.2, -0.15) is 0 Å². The largest absolute Gasteiger partial charge is 0.464 e. The lowest BCUT2D eigenvalue weighted by Crippen LogP contribution is -2.11. The van der Waals surface area contributed by atoms with E-state index in [0.29, 0.717) is 13.2 Å². The van der Waals surface area contributed by atoms with Gasteiger partial charge in [-0.15, -0.1) is 0 Å². The molecule has 144 valence electrons. The maximum Gasteiger partial charge on any atom is 0.302 e. The van der Waals surface area contributed by atoms with Crippen LogP contribution >= 0.6 is 0 Å². The van der Waals surface area contributed by atoms with Crippen LogP contribution in [0.15, 0.2) is 91.0 Å². The molecule has 1 heterocycles. The lowest BCUT2D eigenvalue weighted by molar-refractivity contribution is -0.141. The normalized spacial score (nSPS) is 10.7. The molecule has 0 saturated heterocycles. The highest BCUT2D eigenvalue weighted by molar-refractivity contribution is 5.82. The van der Waals surface area contributed by atoms with E-state index in [0.717, 1.165) is 33.9 Å². The van der Waals surface area contributed by atoms with Crippen molar-refractivity contribution in [2.45, 2.75) is 13.5 Å². The molecule has 0 unspecified atom stereocenters. The summed E-state index contributed by atoms with van der Waals surface area (Å²) >= 11 is 0. The van der Waals surface area contributed by atoms with E-state index in [1.807, 2.05) is 66.7 Å². The Morgan fingerprint density at radius 1 is 0.793 bits per heavy atom. The smallest absolute Gasteiger partial charge is 0.302 e. The Hall–Kier alpha value is -3.66. The summed E-state index contributed by atoms with van der Waals surface area (Å²) in [6, 6.07) is 30.5. The molecule has 4 nitrogen and oxygen atoms in total. The number of ether oxygens (including phenoxy) is 1. The summed E-state index contributed by atoms with van der Waals surface area (Å²) in [7, 11) is 0. The molecule has 0 saturated carbocycles. The Balaban J connectivity index is 1.93. The Labute approximate surface area is 170 Å². The van der Waals surface area contributed by atoms with Gasteiger partial charge in [-0.05, 0) is 0 Å². The maximum atomic E-state index is 11.3. The Morgan fingerprint density at radius 2 is 1.31 bits per heavy atom. The number of aromatic nitrogens is 2. The monoisotopic (exact) mass is 382 g/mol. The molecule has 4 rings (SSSR count). The summed E-state index contributed by atoms with van der Waals surface area (Å²) in [5.41, 5.74) is 5.08. The highest BCUT2D eigenvalue weighted by Crippen LogP contribution is 2.36. The predicted octanol–water partition coefficient (Wildman–Crippen LogP) is 5.45. The van der Waals surface area contributed by atoms with Crippen LogP contribution in [-0.2, 0) is 16.1 Å². The van der Waals surface area contributed by atoms with Crippen LogP contribution < -0.4 is 0 Å². The minimum Gasteiger partial charge on any atom is -0.464 e. The number of nitrogens with zero attached hydrogens (tertiary/aromatic N) is 2. The summed E-state index contributed by atoms with van der Waals surface area (Å²) < 4.78 is 7.40. The van der Waals surface area contributed by atoms with Crippen molar-refractivity contribution < 1.29 is 9.53 Å². The molecule has 3 aromatic carbocycles. The highest BCUT2D eigenvalue weighted by atomic mass is 16.5. The van der Waals surface area contributed by atoms with Crippen LogP contribution in [0.2, 0.25) is 0 Å². The fourth-order valence-corrected chi connectivity index (χ4v) is 3.44. The van der Waals surface area contributed by atoms with Crippen LogP contribution in [0.5, 0.6) is 0 Å². The first-order valence-corrected chi connectivity index (χ1v) is 9.64. The van der Waals surface area contributed by atoms with Crippen LogP contribution in [0.1, 0.15) is 6.92 Å². The molecule has 29 heavy (non-hydrogen) atoms. The van der Waals surface area contributed by atoms with E-state index in [1.165, 1.54) is 6.92 Å². The van der Waals surface area contributed by atoms with E-state index in [1.54, 1.807) is 0 Å². The minimum absolute atomic E-state index is 0.282. The fraction of sp³-hybridized carbons (Fsp3) is 0.120. The van der Waals surface area contributed by atoms with Crippen molar-refractivity contribution in [1.29, 1.82) is 0 Å². The first-order chi connectivity index (χ1) is 14.2. The molecule has 0 spiro atoms. The number of carbonyl (C=O) groups is 1. The van der Waals surface area contributed by atoms with Crippen molar-refractivity contribution >= 4 is 5.97 Å². The molecule has 4 heteroatoms. The zero-order valence-electron chi connectivity index (χ0n) is 16.3. The number of imidazole rings is 1. The molecule has 0 amide bonds. The SMILES string of the molecule is CC(=O)OCCn1c(-c2ccccc2)nc(-c2ccccc2)c1-c1ccccc1. The van der Waals surface area contributed by atoms with Gasteiger partial charge in [0.05, 0.1) is 17.9 Å².